The molecule has 0 unspecified atom stereocenters. The van der Waals surface area contributed by atoms with Crippen molar-refractivity contribution in [2.45, 2.75) is 13.5 Å². The Morgan fingerprint density at radius 2 is 1.75 bits per heavy atom. The van der Waals surface area contributed by atoms with Crippen LogP contribution in [0.1, 0.15) is 28.4 Å². The van der Waals surface area contributed by atoms with Crippen LogP contribution in [-0.2, 0) is 6.61 Å². The minimum atomic E-state index is -0.395. The van der Waals surface area contributed by atoms with Gasteiger partial charge in [-0.15, -0.1) is 0 Å². The van der Waals surface area contributed by atoms with Crippen molar-refractivity contribution in [3.8, 4) is 17.2 Å². The number of amides is 1. The number of hydrogen-bond acceptors (Lipinski definition) is 5. The van der Waals surface area contributed by atoms with Crippen molar-refractivity contribution in [1.82, 2.24) is 5.43 Å². The lowest BCUT2D eigenvalue weighted by Gasteiger charge is -2.11. The molecule has 0 aliphatic carbocycles. The van der Waals surface area contributed by atoms with E-state index in [0.29, 0.717) is 51.6 Å². The number of rotatable bonds is 9. The highest BCUT2D eigenvalue weighted by molar-refractivity contribution is 6.31. The predicted molar refractivity (Wildman–Crippen MR) is 126 cm³/mol. The summed E-state index contributed by atoms with van der Waals surface area (Å²) in [5, 5.41) is 5.21. The normalized spacial score (nSPS) is 10.8. The smallest absolute Gasteiger partial charge is 0.271 e. The summed E-state index contributed by atoms with van der Waals surface area (Å²) in [5.41, 5.74) is 4.42. The zero-order valence-electron chi connectivity index (χ0n) is 17.6. The van der Waals surface area contributed by atoms with E-state index in [4.69, 9.17) is 37.4 Å². The van der Waals surface area contributed by atoms with Crippen LogP contribution in [0, 0.1) is 0 Å². The summed E-state index contributed by atoms with van der Waals surface area (Å²) >= 11 is 12.1. The molecule has 166 valence electrons. The minimum Gasteiger partial charge on any atom is -0.493 e. The Kier molecular flexibility index (Phi) is 8.36. The highest BCUT2D eigenvalue weighted by atomic mass is 35.5. The first-order valence-electron chi connectivity index (χ1n) is 9.81. The van der Waals surface area contributed by atoms with E-state index in [1.54, 1.807) is 49.6 Å². The fourth-order valence-electron chi connectivity index (χ4n) is 2.85. The van der Waals surface area contributed by atoms with E-state index in [-0.39, 0.29) is 0 Å². The molecule has 0 aliphatic rings. The third-order valence-corrected chi connectivity index (χ3v) is 4.82. The molecule has 3 aromatic rings. The maximum atomic E-state index is 12.5. The fourth-order valence-corrected chi connectivity index (χ4v) is 3.24. The SMILES string of the molecule is CCOc1cc(C(=O)N/N=C/c2cc(Cl)ccc2OCc2cccc(Cl)c2)ccc1OC. The number of benzene rings is 3. The molecule has 0 bridgehead atoms. The van der Waals surface area contributed by atoms with Crippen LogP contribution in [0.4, 0.5) is 0 Å². The van der Waals surface area contributed by atoms with Crippen molar-refractivity contribution in [2.75, 3.05) is 13.7 Å². The van der Waals surface area contributed by atoms with Gasteiger partial charge in [-0.25, -0.2) is 5.43 Å². The van der Waals surface area contributed by atoms with E-state index in [1.807, 2.05) is 25.1 Å². The number of methoxy groups -OCH3 is 1. The number of halogens is 2. The third kappa shape index (κ3) is 6.39. The van der Waals surface area contributed by atoms with E-state index in [9.17, 15) is 4.79 Å². The molecule has 0 radical (unpaired) electrons. The number of ether oxygens (including phenoxy) is 3. The van der Waals surface area contributed by atoms with E-state index >= 15 is 0 Å². The van der Waals surface area contributed by atoms with Crippen LogP contribution in [0.3, 0.4) is 0 Å². The molecule has 0 fully saturated rings. The van der Waals surface area contributed by atoms with E-state index in [0.717, 1.165) is 5.56 Å². The van der Waals surface area contributed by atoms with Gasteiger partial charge in [0.1, 0.15) is 12.4 Å². The van der Waals surface area contributed by atoms with Crippen LogP contribution in [0.2, 0.25) is 10.0 Å². The summed E-state index contributed by atoms with van der Waals surface area (Å²) in [6.45, 7) is 2.63. The maximum absolute atomic E-state index is 12.5. The van der Waals surface area contributed by atoms with Crippen molar-refractivity contribution in [2.24, 2.45) is 5.10 Å². The molecule has 0 heterocycles. The van der Waals surface area contributed by atoms with Crippen molar-refractivity contribution in [1.29, 1.82) is 0 Å². The topological polar surface area (TPSA) is 69.2 Å². The molecular weight excluding hydrogens is 451 g/mol. The molecule has 1 N–H and O–H groups in total. The summed E-state index contributed by atoms with van der Waals surface area (Å²) in [6, 6.07) is 17.5. The maximum Gasteiger partial charge on any atom is 0.271 e. The van der Waals surface area contributed by atoms with Crippen molar-refractivity contribution >= 4 is 35.3 Å². The van der Waals surface area contributed by atoms with Gasteiger partial charge in [-0.1, -0.05) is 35.3 Å². The molecule has 1 amide bonds. The molecule has 0 atom stereocenters. The van der Waals surface area contributed by atoms with Crippen LogP contribution in [0.25, 0.3) is 0 Å². The first kappa shape index (κ1) is 23.4. The zero-order chi connectivity index (χ0) is 22.9. The second kappa shape index (κ2) is 11.4. The quantitative estimate of drug-likeness (QED) is 0.318. The van der Waals surface area contributed by atoms with Crippen molar-refractivity contribution in [3.63, 3.8) is 0 Å². The second-order valence-electron chi connectivity index (χ2n) is 6.60. The van der Waals surface area contributed by atoms with Gasteiger partial charge in [-0.05, 0) is 61.0 Å². The molecule has 0 spiro atoms. The average molecular weight is 473 g/mol. The number of nitrogens with one attached hydrogen (secondary N) is 1. The summed E-state index contributed by atoms with van der Waals surface area (Å²) in [5.74, 6) is 1.20. The Balaban J connectivity index is 1.70. The Hall–Kier alpha value is -3.22. The van der Waals surface area contributed by atoms with Crippen LogP contribution < -0.4 is 19.6 Å². The molecule has 0 aromatic heterocycles. The lowest BCUT2D eigenvalue weighted by atomic mass is 10.2. The van der Waals surface area contributed by atoms with Gasteiger partial charge < -0.3 is 14.2 Å². The summed E-state index contributed by atoms with van der Waals surface area (Å²) in [6.07, 6.45) is 1.48. The first-order valence-corrected chi connectivity index (χ1v) is 10.6. The van der Waals surface area contributed by atoms with Gasteiger partial charge in [0.15, 0.2) is 11.5 Å². The Morgan fingerprint density at radius 3 is 2.50 bits per heavy atom. The Bertz CT molecular complexity index is 1120. The van der Waals surface area contributed by atoms with E-state index in [2.05, 4.69) is 10.5 Å². The van der Waals surface area contributed by atoms with Crippen LogP contribution in [-0.4, -0.2) is 25.8 Å². The highest BCUT2D eigenvalue weighted by Gasteiger charge is 2.11. The fraction of sp³-hybridized carbons (Fsp3) is 0.167. The lowest BCUT2D eigenvalue weighted by Crippen LogP contribution is -2.17. The Labute approximate surface area is 196 Å². The number of carbonyl (C=O) groups excluding carboxylic acids is 1. The predicted octanol–water partition coefficient (Wildman–Crippen LogP) is 5.74. The minimum absolute atomic E-state index is 0.321. The van der Waals surface area contributed by atoms with E-state index in [1.165, 1.54) is 6.21 Å². The van der Waals surface area contributed by atoms with Crippen LogP contribution >= 0.6 is 23.2 Å². The molecule has 0 saturated heterocycles. The molecule has 0 saturated carbocycles. The summed E-state index contributed by atoms with van der Waals surface area (Å²) < 4.78 is 16.6. The van der Waals surface area contributed by atoms with Crippen molar-refractivity contribution in [3.05, 3.63) is 87.4 Å². The Morgan fingerprint density at radius 1 is 0.969 bits per heavy atom. The van der Waals surface area contributed by atoms with Gasteiger partial charge >= 0.3 is 0 Å². The molecular formula is C24H22Cl2N2O4. The lowest BCUT2D eigenvalue weighted by molar-refractivity contribution is 0.0954. The molecule has 3 aromatic carbocycles. The molecule has 3 rings (SSSR count). The summed E-state index contributed by atoms with van der Waals surface area (Å²) in [4.78, 5) is 12.5. The van der Waals surface area contributed by atoms with Crippen LogP contribution in [0.5, 0.6) is 17.2 Å². The van der Waals surface area contributed by atoms with E-state index < -0.39 is 5.91 Å². The standard InChI is InChI=1S/C24H22Cl2N2O4/c1-3-31-23-13-17(7-9-22(23)30-2)24(29)28-27-14-18-12-20(26)8-10-21(18)32-15-16-5-4-6-19(25)11-16/h4-14H,3,15H2,1-2H3,(H,28,29)/b27-14+. The van der Waals surface area contributed by atoms with Gasteiger partial charge in [0.25, 0.3) is 5.91 Å². The molecule has 8 heteroatoms. The average Bonchev–Trinajstić information content (AvgIpc) is 2.78. The summed E-state index contributed by atoms with van der Waals surface area (Å²) in [7, 11) is 1.54. The monoisotopic (exact) mass is 472 g/mol. The number of hydrazone groups is 1. The number of carbonyl (C=O) groups is 1. The van der Waals surface area contributed by atoms with Gasteiger partial charge in [0, 0.05) is 21.2 Å². The molecule has 6 nitrogen and oxygen atoms in total. The highest BCUT2D eigenvalue weighted by Crippen LogP contribution is 2.28. The van der Waals surface area contributed by atoms with Crippen LogP contribution in [0.15, 0.2) is 65.8 Å². The van der Waals surface area contributed by atoms with Crippen molar-refractivity contribution < 1.29 is 19.0 Å². The zero-order valence-corrected chi connectivity index (χ0v) is 19.1. The number of nitrogens with zero attached hydrogens (tertiary/aromatic N) is 1. The molecule has 0 aliphatic heterocycles. The number of hydrogen-bond donors (Lipinski definition) is 1. The first-order chi connectivity index (χ1) is 15.5. The molecule has 32 heavy (non-hydrogen) atoms. The van der Waals surface area contributed by atoms with Gasteiger partial charge in [-0.3, -0.25) is 4.79 Å². The largest absolute Gasteiger partial charge is 0.493 e. The third-order valence-electron chi connectivity index (χ3n) is 4.35. The van der Waals surface area contributed by atoms with Gasteiger partial charge in [0.2, 0.25) is 0 Å². The van der Waals surface area contributed by atoms with Gasteiger partial charge in [-0.2, -0.15) is 5.10 Å². The van der Waals surface area contributed by atoms with Gasteiger partial charge in [0.05, 0.1) is 19.9 Å². The second-order valence-corrected chi connectivity index (χ2v) is 7.47.